The summed E-state index contributed by atoms with van der Waals surface area (Å²) in [5, 5.41) is 8.40. The number of hydrogen-bond donors (Lipinski definition) is 2. The fraction of sp³-hybridized carbons (Fsp3) is 0.406. The molecule has 1 fully saturated rings. The Balaban J connectivity index is 1.41. The second-order valence-electron chi connectivity index (χ2n) is 11.4. The zero-order valence-electron chi connectivity index (χ0n) is 22.6. The van der Waals surface area contributed by atoms with Crippen molar-refractivity contribution in [1.82, 2.24) is 5.32 Å². The van der Waals surface area contributed by atoms with Crippen LogP contribution < -0.4 is 10.6 Å². The van der Waals surface area contributed by atoms with E-state index < -0.39 is 0 Å². The molecule has 5 nitrogen and oxygen atoms in total. The van der Waals surface area contributed by atoms with Crippen LogP contribution in [0.5, 0.6) is 0 Å². The lowest BCUT2D eigenvalue weighted by Gasteiger charge is -2.31. The number of amides is 2. The topological polar surface area (TPSA) is 75.3 Å². The number of Topliss-reactive ketones (excluding diaryl/α,β-unsaturated/α-hetero) is 1. The average Bonchev–Trinajstić information content (AvgIpc) is 2.88. The largest absolute Gasteiger partial charge is 0.345 e. The summed E-state index contributed by atoms with van der Waals surface area (Å²) in [6.45, 7) is 9.77. The highest BCUT2D eigenvalue weighted by molar-refractivity contribution is 5.99. The second kappa shape index (κ2) is 10.9. The van der Waals surface area contributed by atoms with Crippen molar-refractivity contribution in [3.63, 3.8) is 0 Å². The first-order valence-electron chi connectivity index (χ1n) is 13.3. The number of hydrogen-bond acceptors (Lipinski definition) is 3. The van der Waals surface area contributed by atoms with Crippen LogP contribution in [0.15, 0.2) is 60.7 Å². The van der Waals surface area contributed by atoms with Crippen molar-refractivity contribution in [2.24, 2.45) is 17.3 Å². The van der Waals surface area contributed by atoms with Crippen LogP contribution in [0, 0.1) is 24.2 Å². The van der Waals surface area contributed by atoms with Crippen LogP contribution in [0.25, 0.3) is 10.8 Å². The van der Waals surface area contributed by atoms with Gasteiger partial charge in [-0.1, -0.05) is 69.3 Å². The molecule has 1 aliphatic carbocycles. The number of ketones is 1. The summed E-state index contributed by atoms with van der Waals surface area (Å²) >= 11 is 0. The third-order valence-corrected chi connectivity index (χ3v) is 7.60. The van der Waals surface area contributed by atoms with Gasteiger partial charge in [-0.15, -0.1) is 0 Å². The van der Waals surface area contributed by atoms with Crippen molar-refractivity contribution < 1.29 is 14.4 Å². The van der Waals surface area contributed by atoms with E-state index in [4.69, 9.17) is 0 Å². The number of rotatable bonds is 6. The number of fused-ring (bicyclic) bond motifs is 1. The van der Waals surface area contributed by atoms with Gasteiger partial charge in [-0.3, -0.25) is 14.4 Å². The highest BCUT2D eigenvalue weighted by atomic mass is 16.2. The van der Waals surface area contributed by atoms with E-state index >= 15 is 0 Å². The van der Waals surface area contributed by atoms with Crippen molar-refractivity contribution in [3.05, 3.63) is 77.4 Å². The standard InChI is InChI=1S/C32H38N2O3/c1-20-13-18-25(34-30(36)24-16-14-23(15-17-24)29(35)32(3,4)5)19-28(20)31(37)33-21(2)26-12-8-10-22-9-6-7-11-27(22)26/h6-13,18-19,21,23-24H,14-17H2,1-5H3,(H,33,37)(H,34,36)/t21-,23?,24?/m1/s1. The zero-order valence-corrected chi connectivity index (χ0v) is 22.6. The second-order valence-corrected chi connectivity index (χ2v) is 11.4. The van der Waals surface area contributed by atoms with Crippen LogP contribution in [0.2, 0.25) is 0 Å². The van der Waals surface area contributed by atoms with Gasteiger partial charge in [0.05, 0.1) is 6.04 Å². The Hall–Kier alpha value is -3.47. The Bertz CT molecular complexity index is 1310. The SMILES string of the molecule is Cc1ccc(NC(=O)C2CCC(C(=O)C(C)(C)C)CC2)cc1C(=O)N[C@H](C)c1cccc2ccccc12. The summed E-state index contributed by atoms with van der Waals surface area (Å²) in [4.78, 5) is 38.9. The molecule has 4 rings (SSSR count). The highest BCUT2D eigenvalue weighted by Crippen LogP contribution is 2.34. The van der Waals surface area contributed by atoms with Gasteiger partial charge in [0.15, 0.2) is 0 Å². The Morgan fingerprint density at radius 2 is 1.51 bits per heavy atom. The van der Waals surface area contributed by atoms with Crippen LogP contribution in [0.4, 0.5) is 5.69 Å². The minimum absolute atomic E-state index is 0.0407. The Labute approximate surface area is 220 Å². The molecule has 0 aliphatic heterocycles. The monoisotopic (exact) mass is 498 g/mol. The minimum Gasteiger partial charge on any atom is -0.345 e. The average molecular weight is 499 g/mol. The molecule has 0 spiro atoms. The van der Waals surface area contributed by atoms with Crippen molar-refractivity contribution in [1.29, 1.82) is 0 Å². The van der Waals surface area contributed by atoms with Gasteiger partial charge in [0.2, 0.25) is 5.91 Å². The Kier molecular flexibility index (Phi) is 7.82. The van der Waals surface area contributed by atoms with E-state index in [1.165, 1.54) is 0 Å². The summed E-state index contributed by atoms with van der Waals surface area (Å²) in [7, 11) is 0. The molecule has 2 amide bonds. The molecule has 3 aromatic rings. The predicted molar refractivity (Wildman–Crippen MR) is 150 cm³/mol. The number of carbonyl (C=O) groups is 3. The van der Waals surface area contributed by atoms with E-state index in [1.807, 2.05) is 71.0 Å². The van der Waals surface area contributed by atoms with Crippen LogP contribution >= 0.6 is 0 Å². The lowest BCUT2D eigenvalue weighted by Crippen LogP contribution is -2.34. The lowest BCUT2D eigenvalue weighted by atomic mass is 9.73. The van der Waals surface area contributed by atoms with E-state index in [9.17, 15) is 14.4 Å². The highest BCUT2D eigenvalue weighted by Gasteiger charge is 2.34. The molecular formula is C32H38N2O3. The molecule has 0 heterocycles. The van der Waals surface area contributed by atoms with Gasteiger partial charge in [-0.05, 0) is 73.6 Å². The number of carbonyl (C=O) groups excluding carboxylic acids is 3. The van der Waals surface area contributed by atoms with E-state index in [0.29, 0.717) is 29.9 Å². The molecule has 0 saturated heterocycles. The quantitative estimate of drug-likeness (QED) is 0.384. The number of aryl methyl sites for hydroxylation is 1. The number of nitrogens with one attached hydrogen (secondary N) is 2. The molecule has 5 heteroatoms. The Morgan fingerprint density at radius 3 is 2.22 bits per heavy atom. The van der Waals surface area contributed by atoms with Gasteiger partial charge >= 0.3 is 0 Å². The molecule has 2 N–H and O–H groups in total. The molecule has 0 aromatic heterocycles. The summed E-state index contributed by atoms with van der Waals surface area (Å²) < 4.78 is 0. The summed E-state index contributed by atoms with van der Waals surface area (Å²) in [5.41, 5.74) is 2.73. The van der Waals surface area contributed by atoms with E-state index in [2.05, 4.69) is 28.8 Å². The fourth-order valence-corrected chi connectivity index (χ4v) is 5.40. The minimum atomic E-state index is -0.344. The fourth-order valence-electron chi connectivity index (χ4n) is 5.40. The molecule has 1 saturated carbocycles. The molecule has 3 aromatic carbocycles. The summed E-state index contributed by atoms with van der Waals surface area (Å²) in [5.74, 6) is 0.00549. The molecule has 0 unspecified atom stereocenters. The lowest BCUT2D eigenvalue weighted by molar-refractivity contribution is -0.133. The smallest absolute Gasteiger partial charge is 0.252 e. The van der Waals surface area contributed by atoms with Crippen molar-refractivity contribution in [3.8, 4) is 0 Å². The van der Waals surface area contributed by atoms with Gasteiger partial charge < -0.3 is 10.6 Å². The van der Waals surface area contributed by atoms with Crippen LogP contribution in [0.1, 0.15) is 80.9 Å². The zero-order chi connectivity index (χ0) is 26.7. The van der Waals surface area contributed by atoms with Gasteiger partial charge in [0.1, 0.15) is 5.78 Å². The third kappa shape index (κ3) is 6.10. The van der Waals surface area contributed by atoms with E-state index in [0.717, 1.165) is 34.7 Å². The van der Waals surface area contributed by atoms with E-state index in [1.54, 1.807) is 6.07 Å². The third-order valence-electron chi connectivity index (χ3n) is 7.60. The predicted octanol–water partition coefficient (Wildman–Crippen LogP) is 7.00. The van der Waals surface area contributed by atoms with Crippen LogP contribution in [-0.2, 0) is 9.59 Å². The van der Waals surface area contributed by atoms with Gasteiger partial charge in [-0.2, -0.15) is 0 Å². The van der Waals surface area contributed by atoms with Gasteiger partial charge in [0.25, 0.3) is 5.91 Å². The summed E-state index contributed by atoms with van der Waals surface area (Å²) in [6.07, 6.45) is 2.92. The first kappa shape index (κ1) is 26.6. The molecule has 194 valence electrons. The molecule has 1 atom stereocenters. The van der Waals surface area contributed by atoms with E-state index in [-0.39, 0.29) is 35.1 Å². The molecule has 37 heavy (non-hydrogen) atoms. The van der Waals surface area contributed by atoms with Gasteiger partial charge in [0, 0.05) is 28.5 Å². The summed E-state index contributed by atoms with van der Waals surface area (Å²) in [6, 6.07) is 19.6. The molecule has 1 aliphatic rings. The first-order valence-corrected chi connectivity index (χ1v) is 13.3. The maximum atomic E-state index is 13.3. The number of benzene rings is 3. The maximum Gasteiger partial charge on any atom is 0.252 e. The molecule has 0 bridgehead atoms. The van der Waals surface area contributed by atoms with Crippen molar-refractivity contribution >= 4 is 34.1 Å². The first-order chi connectivity index (χ1) is 17.5. The molecule has 0 radical (unpaired) electrons. The van der Waals surface area contributed by atoms with Gasteiger partial charge in [-0.25, -0.2) is 0 Å². The van der Waals surface area contributed by atoms with Crippen LogP contribution in [0.3, 0.4) is 0 Å². The maximum absolute atomic E-state index is 13.3. The van der Waals surface area contributed by atoms with Crippen molar-refractivity contribution in [2.45, 2.75) is 66.3 Å². The Morgan fingerprint density at radius 1 is 0.865 bits per heavy atom. The van der Waals surface area contributed by atoms with Crippen LogP contribution in [-0.4, -0.2) is 17.6 Å². The molecular weight excluding hydrogens is 460 g/mol. The normalized spacial score (nSPS) is 18.7. The number of anilines is 1. The van der Waals surface area contributed by atoms with Crippen molar-refractivity contribution in [2.75, 3.05) is 5.32 Å².